The molecule has 3 saturated carbocycles. The third kappa shape index (κ3) is 4.95. The molecule has 3 aliphatic carbocycles. The number of amides is 2. The minimum absolute atomic E-state index is 0.00626. The van der Waals surface area contributed by atoms with Crippen LogP contribution in [0.1, 0.15) is 91.6 Å². The van der Waals surface area contributed by atoms with Crippen LogP contribution in [0.15, 0.2) is 24.5 Å². The molecule has 208 valence electrons. The summed E-state index contributed by atoms with van der Waals surface area (Å²) < 4.78 is 15.4. The zero-order chi connectivity index (χ0) is 27.5. The van der Waals surface area contributed by atoms with Crippen LogP contribution < -0.4 is 20.5 Å². The number of rotatable bonds is 10. The Balaban J connectivity index is 1.06. The predicted octanol–water partition coefficient (Wildman–Crippen LogP) is 2.80. The van der Waals surface area contributed by atoms with E-state index in [9.17, 15) is 14.7 Å². The number of fused-ring (bicyclic) bond motifs is 1. The van der Waals surface area contributed by atoms with E-state index in [0.717, 1.165) is 49.7 Å². The van der Waals surface area contributed by atoms with Crippen LogP contribution in [0.25, 0.3) is 5.52 Å². The molecular formula is C28H36N6O5. The topological polar surface area (TPSA) is 146 Å². The maximum atomic E-state index is 13.2. The summed E-state index contributed by atoms with van der Waals surface area (Å²) in [6.45, 7) is 6.16. The second-order valence-electron chi connectivity index (χ2n) is 12.1. The maximum Gasteiger partial charge on any atom is 0.255 e. The normalized spacial score (nSPS) is 24.3. The number of aliphatic hydroxyl groups is 1. The van der Waals surface area contributed by atoms with Gasteiger partial charge in [-0.25, -0.2) is 4.52 Å². The number of nitrogens with one attached hydrogen (secondary N) is 1. The molecule has 0 atom stereocenters. The van der Waals surface area contributed by atoms with Crippen molar-refractivity contribution in [3.05, 3.63) is 41.3 Å². The van der Waals surface area contributed by atoms with Gasteiger partial charge in [-0.3, -0.25) is 14.3 Å². The molecule has 0 saturated heterocycles. The van der Waals surface area contributed by atoms with Crippen LogP contribution in [0.2, 0.25) is 0 Å². The number of primary amides is 1. The first-order chi connectivity index (χ1) is 18.5. The summed E-state index contributed by atoms with van der Waals surface area (Å²) in [5, 5.41) is 22.1. The van der Waals surface area contributed by atoms with Crippen molar-refractivity contribution in [1.29, 1.82) is 0 Å². The summed E-state index contributed by atoms with van der Waals surface area (Å²) in [6.07, 6.45) is 8.88. The van der Waals surface area contributed by atoms with Crippen molar-refractivity contribution >= 4 is 17.3 Å². The minimum Gasteiger partial charge on any atom is -0.489 e. The Labute approximate surface area is 226 Å². The SMILES string of the molecule is CCn1cc(C(N)=O)c(OC2CC3(CC(NC(=O)c4cnn5c(C6CC6)c(OCC(C)(C)O)ccc45)C3)C2)n1. The largest absolute Gasteiger partial charge is 0.489 e. The maximum absolute atomic E-state index is 13.2. The van der Waals surface area contributed by atoms with Crippen molar-refractivity contribution in [3.63, 3.8) is 0 Å². The summed E-state index contributed by atoms with van der Waals surface area (Å²) >= 11 is 0. The van der Waals surface area contributed by atoms with E-state index in [4.69, 9.17) is 15.2 Å². The van der Waals surface area contributed by atoms with Crippen molar-refractivity contribution in [3.8, 4) is 11.6 Å². The molecule has 1 spiro atoms. The molecule has 3 fully saturated rings. The molecule has 6 rings (SSSR count). The molecule has 0 aromatic carbocycles. The summed E-state index contributed by atoms with van der Waals surface area (Å²) in [4.78, 5) is 24.9. The van der Waals surface area contributed by atoms with E-state index >= 15 is 0 Å². The Morgan fingerprint density at radius 2 is 1.95 bits per heavy atom. The fraction of sp³-hybridized carbons (Fsp3) is 0.571. The summed E-state index contributed by atoms with van der Waals surface area (Å²) in [5.41, 5.74) is 7.27. The predicted molar refractivity (Wildman–Crippen MR) is 142 cm³/mol. The highest BCUT2D eigenvalue weighted by Crippen LogP contribution is 2.57. The molecule has 3 heterocycles. The Hall–Kier alpha value is -3.60. The van der Waals surface area contributed by atoms with Gasteiger partial charge in [-0.1, -0.05) is 0 Å². The highest BCUT2D eigenvalue weighted by Gasteiger charge is 2.54. The monoisotopic (exact) mass is 536 g/mol. The van der Waals surface area contributed by atoms with Gasteiger partial charge in [0.15, 0.2) is 0 Å². The fourth-order valence-corrected chi connectivity index (χ4v) is 5.99. The van der Waals surface area contributed by atoms with Gasteiger partial charge in [0.2, 0.25) is 5.88 Å². The van der Waals surface area contributed by atoms with Crippen molar-refractivity contribution < 1.29 is 24.2 Å². The molecule has 0 unspecified atom stereocenters. The number of carbonyl (C=O) groups is 2. The first-order valence-electron chi connectivity index (χ1n) is 13.7. The second kappa shape index (κ2) is 9.25. The van der Waals surface area contributed by atoms with E-state index in [1.807, 2.05) is 23.6 Å². The minimum atomic E-state index is -0.942. The van der Waals surface area contributed by atoms with Crippen LogP contribution in [-0.2, 0) is 6.54 Å². The highest BCUT2D eigenvalue weighted by atomic mass is 16.5. The number of nitrogens with two attached hydrogens (primary N) is 1. The summed E-state index contributed by atoms with van der Waals surface area (Å²) in [5.74, 6) is 0.686. The molecule has 3 aromatic rings. The lowest BCUT2D eigenvalue weighted by atomic mass is 9.53. The lowest BCUT2D eigenvalue weighted by Gasteiger charge is -2.57. The third-order valence-corrected chi connectivity index (χ3v) is 8.08. The molecule has 0 aliphatic heterocycles. The van der Waals surface area contributed by atoms with Gasteiger partial charge in [-0.05, 0) is 76.8 Å². The Morgan fingerprint density at radius 3 is 2.59 bits per heavy atom. The van der Waals surface area contributed by atoms with Gasteiger partial charge < -0.3 is 25.6 Å². The average molecular weight is 537 g/mol. The van der Waals surface area contributed by atoms with Crippen molar-refractivity contribution in [2.45, 2.75) is 89.5 Å². The van der Waals surface area contributed by atoms with Gasteiger partial charge in [-0.15, -0.1) is 5.10 Å². The van der Waals surface area contributed by atoms with Crippen LogP contribution >= 0.6 is 0 Å². The van der Waals surface area contributed by atoms with Gasteiger partial charge in [0.25, 0.3) is 11.8 Å². The molecular weight excluding hydrogens is 500 g/mol. The first-order valence-corrected chi connectivity index (χ1v) is 13.7. The van der Waals surface area contributed by atoms with Crippen LogP contribution in [0.4, 0.5) is 0 Å². The van der Waals surface area contributed by atoms with Gasteiger partial charge >= 0.3 is 0 Å². The first kappa shape index (κ1) is 25.7. The molecule has 3 aromatic heterocycles. The molecule has 4 N–H and O–H groups in total. The Kier molecular flexibility index (Phi) is 6.09. The molecule has 0 bridgehead atoms. The number of pyridine rings is 1. The number of ether oxygens (including phenoxy) is 2. The van der Waals surface area contributed by atoms with Crippen molar-refractivity contribution in [1.82, 2.24) is 24.7 Å². The number of hydrogen-bond donors (Lipinski definition) is 3. The zero-order valence-electron chi connectivity index (χ0n) is 22.6. The fourth-order valence-electron chi connectivity index (χ4n) is 5.99. The van der Waals surface area contributed by atoms with E-state index < -0.39 is 11.5 Å². The number of carbonyl (C=O) groups excluding carboxylic acids is 2. The van der Waals surface area contributed by atoms with E-state index in [0.29, 0.717) is 35.2 Å². The van der Waals surface area contributed by atoms with Crippen LogP contribution in [-0.4, -0.2) is 60.7 Å². The number of aromatic nitrogens is 4. The average Bonchev–Trinajstić information content (AvgIpc) is 3.43. The molecule has 3 aliphatic rings. The van der Waals surface area contributed by atoms with E-state index in [1.54, 1.807) is 30.9 Å². The molecule has 2 amide bonds. The van der Waals surface area contributed by atoms with Gasteiger partial charge in [0.05, 0.1) is 28.6 Å². The molecule has 11 heteroatoms. The van der Waals surface area contributed by atoms with Crippen LogP contribution in [0.3, 0.4) is 0 Å². The van der Waals surface area contributed by atoms with Crippen LogP contribution in [0, 0.1) is 5.41 Å². The standard InChI is InChI=1S/C28H36N6O5/c1-4-33-14-20(24(29)35)26(32-33)39-18-11-28(12-18)9-17(10-28)31-25(36)19-13-30-34-21(19)7-8-22(23(34)16-5-6-16)38-15-27(2,3)37/h7-8,13-14,16-18,37H,4-6,9-12,15H2,1-3H3,(H2,29,35)(H,31,36). The number of nitrogens with zero attached hydrogens (tertiary/aromatic N) is 4. The number of hydrogen-bond acceptors (Lipinski definition) is 7. The summed E-state index contributed by atoms with van der Waals surface area (Å²) in [7, 11) is 0. The molecule has 11 nitrogen and oxygen atoms in total. The lowest BCUT2D eigenvalue weighted by Crippen LogP contribution is -2.58. The van der Waals surface area contributed by atoms with E-state index in [2.05, 4.69) is 15.5 Å². The second-order valence-corrected chi connectivity index (χ2v) is 12.1. The zero-order valence-corrected chi connectivity index (χ0v) is 22.6. The quantitative estimate of drug-likeness (QED) is 0.361. The van der Waals surface area contributed by atoms with Gasteiger partial charge in [-0.2, -0.15) is 5.10 Å². The third-order valence-electron chi connectivity index (χ3n) is 8.08. The Morgan fingerprint density at radius 1 is 1.21 bits per heavy atom. The summed E-state index contributed by atoms with van der Waals surface area (Å²) in [6, 6.07) is 3.85. The van der Waals surface area contributed by atoms with Gasteiger partial charge in [0.1, 0.15) is 24.0 Å². The van der Waals surface area contributed by atoms with Crippen molar-refractivity contribution in [2.75, 3.05) is 6.61 Å². The molecule has 39 heavy (non-hydrogen) atoms. The highest BCUT2D eigenvalue weighted by molar-refractivity contribution is 6.01. The lowest BCUT2D eigenvalue weighted by molar-refractivity contribution is -0.0849. The van der Waals surface area contributed by atoms with Gasteiger partial charge in [0, 0.05) is 24.7 Å². The van der Waals surface area contributed by atoms with Crippen molar-refractivity contribution in [2.24, 2.45) is 11.1 Å². The number of aryl methyl sites for hydroxylation is 1. The van der Waals surface area contributed by atoms with Crippen LogP contribution in [0.5, 0.6) is 11.6 Å². The van der Waals surface area contributed by atoms with E-state index in [1.165, 1.54) is 0 Å². The van der Waals surface area contributed by atoms with E-state index in [-0.39, 0.29) is 30.1 Å². The Bertz CT molecular complexity index is 1420. The molecule has 0 radical (unpaired) electrons. The smallest absolute Gasteiger partial charge is 0.255 e.